The molecule has 0 aromatic heterocycles. The SMILES string of the molecule is c1ccc(-c2cccc3cccc(-c4ccccc4N(c4ccccc4-c4ccc5c(c4)C(c4ccccc4)(c4ccccc4)c4ccccc4-5)c4ccccc4-c4cccc5c4ccc4ccccc45)c23)cc1. The highest BCUT2D eigenvalue weighted by molar-refractivity contribution is 6.14. The summed E-state index contributed by atoms with van der Waals surface area (Å²) in [6, 6.07) is 110. The number of para-hydroxylation sites is 3. The fourth-order valence-corrected chi connectivity index (χ4v) is 12.4. The molecule has 0 unspecified atom stereocenters. The first-order valence-electron chi connectivity index (χ1n) is 25.7. The van der Waals surface area contributed by atoms with Crippen molar-refractivity contribution < 1.29 is 0 Å². The van der Waals surface area contributed by atoms with E-state index in [9.17, 15) is 0 Å². The Hall–Kier alpha value is -9.56. The third-order valence-electron chi connectivity index (χ3n) is 15.6. The van der Waals surface area contributed by atoms with Crippen molar-refractivity contribution in [3.63, 3.8) is 0 Å². The molecule has 0 fully saturated rings. The number of anilines is 3. The van der Waals surface area contributed by atoms with Crippen LogP contribution in [0.1, 0.15) is 22.3 Å². The zero-order valence-corrected chi connectivity index (χ0v) is 40.7. The van der Waals surface area contributed by atoms with Crippen molar-refractivity contribution in [3.8, 4) is 55.6 Å². The van der Waals surface area contributed by atoms with Gasteiger partial charge in [0.25, 0.3) is 0 Å². The molecule has 1 aliphatic rings. The molecule has 1 heteroatoms. The lowest BCUT2D eigenvalue weighted by molar-refractivity contribution is 0.769. The standard InChI is InChI=1S/C73H49N/c1-4-23-50(24-5-1)58-37-20-26-52-27-21-40-66(72(52)58)65-36-15-19-44-71(65)74(70-43-18-14-35-64(70)60-39-22-38-59-56-32-11-10-25-51(56)45-47-61(59)60)69-42-17-13-33-57(69)53-46-48-63-62-34-12-16-41-67(62)73(68(63)49-53,54-28-6-2-7-29-54)55-30-8-3-9-31-55/h1-49H. The molecule has 0 saturated heterocycles. The Morgan fingerprint density at radius 1 is 0.230 bits per heavy atom. The van der Waals surface area contributed by atoms with Crippen LogP contribution in [0.2, 0.25) is 0 Å². The minimum Gasteiger partial charge on any atom is -0.309 e. The van der Waals surface area contributed by atoms with Gasteiger partial charge in [0.1, 0.15) is 0 Å². The zero-order valence-electron chi connectivity index (χ0n) is 40.7. The van der Waals surface area contributed by atoms with Gasteiger partial charge in [0.15, 0.2) is 0 Å². The van der Waals surface area contributed by atoms with Crippen molar-refractivity contribution in [2.45, 2.75) is 5.41 Å². The van der Waals surface area contributed by atoms with Crippen LogP contribution in [0, 0.1) is 0 Å². The fourth-order valence-electron chi connectivity index (χ4n) is 12.4. The number of nitrogens with zero attached hydrogens (tertiary/aromatic N) is 1. The van der Waals surface area contributed by atoms with Crippen molar-refractivity contribution in [3.05, 3.63) is 320 Å². The molecule has 74 heavy (non-hydrogen) atoms. The van der Waals surface area contributed by atoms with E-state index in [0.717, 1.165) is 39.3 Å². The number of benzene rings is 13. The summed E-state index contributed by atoms with van der Waals surface area (Å²) in [5.41, 5.74) is 19.7. The summed E-state index contributed by atoms with van der Waals surface area (Å²) in [5.74, 6) is 0. The largest absolute Gasteiger partial charge is 0.309 e. The van der Waals surface area contributed by atoms with Gasteiger partial charge in [0, 0.05) is 16.7 Å². The highest BCUT2D eigenvalue weighted by atomic mass is 15.1. The Kier molecular flexibility index (Phi) is 10.5. The van der Waals surface area contributed by atoms with E-state index in [-0.39, 0.29) is 0 Å². The Morgan fingerprint density at radius 3 is 1.41 bits per heavy atom. The molecule has 0 N–H and O–H groups in total. The molecule has 13 aromatic carbocycles. The molecule has 0 atom stereocenters. The Bertz CT molecular complexity index is 4200. The van der Waals surface area contributed by atoms with Gasteiger partial charge in [-0.2, -0.15) is 0 Å². The lowest BCUT2D eigenvalue weighted by atomic mass is 9.67. The van der Waals surface area contributed by atoms with Crippen molar-refractivity contribution in [2.24, 2.45) is 0 Å². The maximum Gasteiger partial charge on any atom is 0.0713 e. The van der Waals surface area contributed by atoms with E-state index in [1.807, 2.05) is 0 Å². The van der Waals surface area contributed by atoms with Gasteiger partial charge in [-0.1, -0.05) is 273 Å². The molecule has 0 heterocycles. The van der Waals surface area contributed by atoms with Crippen LogP contribution in [-0.2, 0) is 5.41 Å². The Labute approximate surface area is 432 Å². The summed E-state index contributed by atoms with van der Waals surface area (Å²) < 4.78 is 0. The van der Waals surface area contributed by atoms with E-state index < -0.39 is 5.41 Å². The van der Waals surface area contributed by atoms with E-state index in [2.05, 4.69) is 302 Å². The van der Waals surface area contributed by atoms with Crippen LogP contribution in [-0.4, -0.2) is 0 Å². The van der Waals surface area contributed by atoms with Crippen LogP contribution < -0.4 is 4.90 Å². The molecule has 0 bridgehead atoms. The first-order chi connectivity index (χ1) is 36.8. The van der Waals surface area contributed by atoms with Gasteiger partial charge >= 0.3 is 0 Å². The van der Waals surface area contributed by atoms with Gasteiger partial charge in [-0.25, -0.2) is 0 Å². The van der Waals surface area contributed by atoms with Gasteiger partial charge in [-0.05, 0) is 118 Å². The summed E-state index contributed by atoms with van der Waals surface area (Å²) in [7, 11) is 0. The number of rotatable bonds is 9. The van der Waals surface area contributed by atoms with Crippen LogP contribution in [0.15, 0.2) is 297 Å². The summed E-state index contributed by atoms with van der Waals surface area (Å²) in [4.78, 5) is 2.55. The lowest BCUT2D eigenvalue weighted by Crippen LogP contribution is -2.28. The Balaban J connectivity index is 1.05. The molecule has 346 valence electrons. The van der Waals surface area contributed by atoms with Crippen LogP contribution in [0.3, 0.4) is 0 Å². The second-order valence-corrected chi connectivity index (χ2v) is 19.4. The molecular formula is C73H49N. The van der Waals surface area contributed by atoms with E-state index in [4.69, 9.17) is 0 Å². The topological polar surface area (TPSA) is 3.24 Å². The van der Waals surface area contributed by atoms with E-state index in [1.54, 1.807) is 0 Å². The number of fused-ring (bicyclic) bond motifs is 7. The molecule has 1 aliphatic carbocycles. The zero-order chi connectivity index (χ0) is 49.0. The van der Waals surface area contributed by atoms with Gasteiger partial charge in [-0.3, -0.25) is 0 Å². The number of hydrogen-bond acceptors (Lipinski definition) is 1. The lowest BCUT2D eigenvalue weighted by Gasteiger charge is -2.34. The van der Waals surface area contributed by atoms with Gasteiger partial charge in [0.2, 0.25) is 0 Å². The molecular weight excluding hydrogens is 891 g/mol. The normalized spacial score (nSPS) is 12.4. The Morgan fingerprint density at radius 2 is 0.703 bits per heavy atom. The first-order valence-corrected chi connectivity index (χ1v) is 25.7. The van der Waals surface area contributed by atoms with Crippen LogP contribution in [0.25, 0.3) is 88.0 Å². The van der Waals surface area contributed by atoms with Crippen molar-refractivity contribution in [1.82, 2.24) is 0 Å². The fraction of sp³-hybridized carbons (Fsp3) is 0.0137. The summed E-state index contributed by atoms with van der Waals surface area (Å²) in [6.07, 6.45) is 0. The number of hydrogen-bond donors (Lipinski definition) is 0. The van der Waals surface area contributed by atoms with E-state index in [0.29, 0.717) is 0 Å². The summed E-state index contributed by atoms with van der Waals surface area (Å²) in [6.45, 7) is 0. The minimum atomic E-state index is -0.540. The molecule has 14 rings (SSSR count). The molecule has 13 aromatic rings. The predicted molar refractivity (Wildman–Crippen MR) is 313 cm³/mol. The smallest absolute Gasteiger partial charge is 0.0713 e. The molecule has 0 radical (unpaired) electrons. The summed E-state index contributed by atoms with van der Waals surface area (Å²) in [5, 5.41) is 7.38. The van der Waals surface area contributed by atoms with E-state index >= 15 is 0 Å². The quantitative estimate of drug-likeness (QED) is 0.130. The second-order valence-electron chi connectivity index (χ2n) is 19.4. The van der Waals surface area contributed by atoms with Gasteiger partial charge in [0.05, 0.1) is 22.5 Å². The average molecular weight is 940 g/mol. The molecule has 1 nitrogen and oxygen atoms in total. The van der Waals surface area contributed by atoms with Crippen LogP contribution in [0.4, 0.5) is 17.1 Å². The third-order valence-corrected chi connectivity index (χ3v) is 15.6. The second kappa shape index (κ2) is 17.9. The maximum absolute atomic E-state index is 2.55. The highest BCUT2D eigenvalue weighted by Crippen LogP contribution is 2.58. The molecule has 0 spiro atoms. The van der Waals surface area contributed by atoms with Crippen LogP contribution >= 0.6 is 0 Å². The first kappa shape index (κ1) is 43.2. The monoisotopic (exact) mass is 939 g/mol. The van der Waals surface area contributed by atoms with Crippen molar-refractivity contribution in [2.75, 3.05) is 4.90 Å². The summed E-state index contributed by atoms with van der Waals surface area (Å²) >= 11 is 0. The third kappa shape index (κ3) is 6.85. The maximum atomic E-state index is 2.55. The minimum absolute atomic E-state index is 0.540. The average Bonchev–Trinajstić information content (AvgIpc) is 3.85. The molecule has 0 saturated carbocycles. The molecule has 0 aliphatic heterocycles. The highest BCUT2D eigenvalue weighted by Gasteiger charge is 2.46. The van der Waals surface area contributed by atoms with Crippen molar-refractivity contribution >= 4 is 49.4 Å². The van der Waals surface area contributed by atoms with Crippen molar-refractivity contribution in [1.29, 1.82) is 0 Å². The van der Waals surface area contributed by atoms with Crippen LogP contribution in [0.5, 0.6) is 0 Å². The van der Waals surface area contributed by atoms with E-state index in [1.165, 1.54) is 88.0 Å². The van der Waals surface area contributed by atoms with Gasteiger partial charge in [-0.15, -0.1) is 0 Å². The van der Waals surface area contributed by atoms with Gasteiger partial charge < -0.3 is 4.90 Å². The predicted octanol–water partition coefficient (Wildman–Crippen LogP) is 19.6. The molecule has 0 amide bonds.